The first-order chi connectivity index (χ1) is 9.49. The van der Waals surface area contributed by atoms with Gasteiger partial charge in [-0.1, -0.05) is 13.8 Å². The molecule has 120 valence electrons. The van der Waals surface area contributed by atoms with E-state index >= 15 is 0 Å². The van der Waals surface area contributed by atoms with Gasteiger partial charge in [0.25, 0.3) is 0 Å². The number of alkyl halides is 3. The van der Waals surface area contributed by atoms with E-state index in [9.17, 15) is 13.2 Å². The molecular formula is C14H22F3N3O. The number of rotatable bonds is 6. The van der Waals surface area contributed by atoms with Crippen LogP contribution in [0.3, 0.4) is 0 Å². The monoisotopic (exact) mass is 305 g/mol. The zero-order chi connectivity index (χ0) is 16.3. The zero-order valence-electron chi connectivity index (χ0n) is 13.0. The molecule has 0 saturated carbocycles. The summed E-state index contributed by atoms with van der Waals surface area (Å²) in [7, 11) is 3.99. The predicted molar refractivity (Wildman–Crippen MR) is 76.3 cm³/mol. The van der Waals surface area contributed by atoms with Gasteiger partial charge in [-0.2, -0.15) is 0 Å². The minimum atomic E-state index is -4.70. The van der Waals surface area contributed by atoms with Gasteiger partial charge < -0.3 is 15.0 Å². The molecular weight excluding hydrogens is 283 g/mol. The standard InChI is InChI=1S/C14H22F3N3O/c1-10(13(2,3)9-20(4)5)19-12-7-6-11(8-18-12)21-14(15,16)17/h6-8,10H,9H2,1-5H3,(H,18,19). The third-order valence-corrected chi connectivity index (χ3v) is 3.23. The van der Waals surface area contributed by atoms with Crippen molar-refractivity contribution in [2.45, 2.75) is 33.2 Å². The van der Waals surface area contributed by atoms with Gasteiger partial charge in [0.2, 0.25) is 0 Å². The Morgan fingerprint density at radius 3 is 2.33 bits per heavy atom. The minimum absolute atomic E-state index is 0.0215. The molecule has 0 amide bonds. The van der Waals surface area contributed by atoms with Crippen LogP contribution in [0, 0.1) is 5.41 Å². The quantitative estimate of drug-likeness (QED) is 0.874. The third kappa shape index (κ3) is 6.20. The van der Waals surface area contributed by atoms with Gasteiger partial charge in [0.15, 0.2) is 0 Å². The topological polar surface area (TPSA) is 37.4 Å². The Kier molecular flexibility index (Phi) is 5.44. The molecule has 0 bridgehead atoms. The lowest BCUT2D eigenvalue weighted by Gasteiger charge is -2.35. The largest absolute Gasteiger partial charge is 0.573 e. The maximum absolute atomic E-state index is 12.1. The molecule has 1 unspecified atom stereocenters. The molecule has 1 rings (SSSR count). The van der Waals surface area contributed by atoms with Crippen LogP contribution in [0.5, 0.6) is 5.75 Å². The molecule has 0 spiro atoms. The Balaban J connectivity index is 2.67. The molecule has 0 aliphatic carbocycles. The van der Waals surface area contributed by atoms with Crippen molar-refractivity contribution in [3.05, 3.63) is 18.3 Å². The van der Waals surface area contributed by atoms with E-state index in [0.29, 0.717) is 5.82 Å². The fraction of sp³-hybridized carbons (Fsp3) is 0.643. The van der Waals surface area contributed by atoms with E-state index < -0.39 is 6.36 Å². The first-order valence-electron chi connectivity index (χ1n) is 6.63. The number of hydrogen-bond acceptors (Lipinski definition) is 4. The molecule has 1 aromatic heterocycles. The number of pyridine rings is 1. The number of ether oxygens (including phenoxy) is 1. The van der Waals surface area contributed by atoms with Gasteiger partial charge in [-0.05, 0) is 38.6 Å². The number of nitrogens with zero attached hydrogens (tertiary/aromatic N) is 2. The average molecular weight is 305 g/mol. The smallest absolute Gasteiger partial charge is 0.404 e. The molecule has 1 aromatic rings. The molecule has 0 aliphatic heterocycles. The van der Waals surface area contributed by atoms with Crippen molar-refractivity contribution >= 4 is 5.82 Å². The van der Waals surface area contributed by atoms with Gasteiger partial charge in [0.05, 0.1) is 6.20 Å². The summed E-state index contributed by atoms with van der Waals surface area (Å²) in [5, 5.41) is 3.20. The Morgan fingerprint density at radius 2 is 1.90 bits per heavy atom. The van der Waals surface area contributed by atoms with Gasteiger partial charge in [0.1, 0.15) is 11.6 Å². The summed E-state index contributed by atoms with van der Waals surface area (Å²) in [5.74, 6) is 0.192. The van der Waals surface area contributed by atoms with Crippen molar-refractivity contribution < 1.29 is 17.9 Å². The first kappa shape index (κ1) is 17.6. The third-order valence-electron chi connectivity index (χ3n) is 3.23. The van der Waals surface area contributed by atoms with E-state index in [1.165, 1.54) is 12.1 Å². The average Bonchev–Trinajstić information content (AvgIpc) is 2.28. The molecule has 0 radical (unpaired) electrons. The number of anilines is 1. The lowest BCUT2D eigenvalue weighted by Crippen LogP contribution is -2.41. The predicted octanol–water partition coefficient (Wildman–Crippen LogP) is 3.37. The van der Waals surface area contributed by atoms with Crippen molar-refractivity contribution in [1.29, 1.82) is 0 Å². The summed E-state index contributed by atoms with van der Waals surface area (Å²) in [6, 6.07) is 2.82. The molecule has 1 heterocycles. The second-order valence-corrected chi connectivity index (χ2v) is 6.02. The van der Waals surface area contributed by atoms with Gasteiger partial charge in [-0.15, -0.1) is 13.2 Å². The fourth-order valence-corrected chi connectivity index (χ4v) is 2.03. The summed E-state index contributed by atoms with van der Waals surface area (Å²) < 4.78 is 40.0. The van der Waals surface area contributed by atoms with Gasteiger partial charge in [-0.3, -0.25) is 0 Å². The Bertz CT molecular complexity index is 444. The summed E-state index contributed by atoms with van der Waals surface area (Å²) >= 11 is 0. The van der Waals surface area contributed by atoms with Gasteiger partial charge in [0, 0.05) is 12.6 Å². The Labute approximate surface area is 123 Å². The highest BCUT2D eigenvalue weighted by Gasteiger charge is 2.31. The molecule has 7 heteroatoms. The van der Waals surface area contributed by atoms with Gasteiger partial charge >= 0.3 is 6.36 Å². The van der Waals surface area contributed by atoms with Gasteiger partial charge in [-0.25, -0.2) is 4.98 Å². The van der Waals surface area contributed by atoms with Crippen LogP contribution >= 0.6 is 0 Å². The minimum Gasteiger partial charge on any atom is -0.404 e. The summed E-state index contributed by atoms with van der Waals surface area (Å²) in [6.45, 7) is 7.12. The number of hydrogen-bond donors (Lipinski definition) is 1. The molecule has 1 atom stereocenters. The van der Waals surface area contributed by atoms with Crippen LogP contribution in [0.15, 0.2) is 18.3 Å². The normalized spacial score (nSPS) is 14.1. The second-order valence-electron chi connectivity index (χ2n) is 6.02. The maximum atomic E-state index is 12.1. The highest BCUT2D eigenvalue weighted by atomic mass is 19.4. The van der Waals surface area contributed by atoms with Crippen LogP contribution in [-0.4, -0.2) is 42.9 Å². The second kappa shape index (κ2) is 6.51. The molecule has 0 aromatic carbocycles. The van der Waals surface area contributed by atoms with Crippen LogP contribution in [0.25, 0.3) is 0 Å². The van der Waals surface area contributed by atoms with E-state index in [2.05, 4.69) is 33.8 Å². The number of nitrogens with one attached hydrogen (secondary N) is 1. The number of aromatic nitrogens is 1. The highest BCUT2D eigenvalue weighted by Crippen LogP contribution is 2.26. The van der Waals surface area contributed by atoms with Crippen LogP contribution in [0.1, 0.15) is 20.8 Å². The Morgan fingerprint density at radius 1 is 1.29 bits per heavy atom. The molecule has 1 N–H and O–H groups in total. The summed E-state index contributed by atoms with van der Waals surface area (Å²) in [6.07, 6.45) is -3.64. The van der Waals surface area contributed by atoms with Crippen molar-refractivity contribution in [1.82, 2.24) is 9.88 Å². The van der Waals surface area contributed by atoms with Crippen molar-refractivity contribution in [2.24, 2.45) is 5.41 Å². The molecule has 0 saturated heterocycles. The van der Waals surface area contributed by atoms with E-state index in [4.69, 9.17) is 0 Å². The van der Waals surface area contributed by atoms with Crippen molar-refractivity contribution in [3.8, 4) is 5.75 Å². The lowest BCUT2D eigenvalue weighted by molar-refractivity contribution is -0.274. The maximum Gasteiger partial charge on any atom is 0.573 e. The molecule has 21 heavy (non-hydrogen) atoms. The van der Waals surface area contributed by atoms with Crippen molar-refractivity contribution in [3.63, 3.8) is 0 Å². The van der Waals surface area contributed by atoms with E-state index in [0.717, 1.165) is 12.7 Å². The summed E-state index contributed by atoms with van der Waals surface area (Å²) in [5.41, 5.74) is -0.0215. The van der Waals surface area contributed by atoms with Crippen LogP contribution in [0.2, 0.25) is 0 Å². The number of halogens is 3. The van der Waals surface area contributed by atoms with E-state index in [-0.39, 0.29) is 17.2 Å². The van der Waals surface area contributed by atoms with Crippen LogP contribution in [0.4, 0.5) is 19.0 Å². The molecule has 4 nitrogen and oxygen atoms in total. The molecule has 0 fully saturated rings. The van der Waals surface area contributed by atoms with Crippen molar-refractivity contribution in [2.75, 3.05) is 26.0 Å². The SMILES string of the molecule is CC(Nc1ccc(OC(F)(F)F)cn1)C(C)(C)CN(C)C. The molecule has 0 aliphatic rings. The van der Waals surface area contributed by atoms with Crippen LogP contribution < -0.4 is 10.1 Å². The summed E-state index contributed by atoms with van der Waals surface area (Å²) in [4.78, 5) is 6.03. The fourth-order valence-electron chi connectivity index (χ4n) is 2.03. The first-order valence-corrected chi connectivity index (χ1v) is 6.63. The highest BCUT2D eigenvalue weighted by molar-refractivity contribution is 5.38. The Hall–Kier alpha value is -1.50. The van der Waals surface area contributed by atoms with E-state index in [1.54, 1.807) is 0 Å². The van der Waals surface area contributed by atoms with Crippen LogP contribution in [-0.2, 0) is 0 Å². The zero-order valence-corrected chi connectivity index (χ0v) is 13.0. The lowest BCUT2D eigenvalue weighted by atomic mass is 9.85. The van der Waals surface area contributed by atoms with E-state index in [1.807, 2.05) is 21.0 Å².